The Morgan fingerprint density at radius 3 is 2.65 bits per heavy atom. The first-order chi connectivity index (χ1) is 8.15. The first kappa shape index (κ1) is 12.9. The minimum Gasteiger partial charge on any atom is -0.328 e. The lowest BCUT2D eigenvalue weighted by molar-refractivity contribution is 0.341. The molecule has 94 valence electrons. The Balaban J connectivity index is 1.85. The highest BCUT2D eigenvalue weighted by molar-refractivity contribution is 6.30. The second kappa shape index (κ2) is 5.85. The topological polar surface area (TPSA) is 38.0 Å². The van der Waals surface area contributed by atoms with Crippen molar-refractivity contribution in [2.24, 2.45) is 5.73 Å². The van der Waals surface area contributed by atoms with Gasteiger partial charge in [0.25, 0.3) is 0 Å². The summed E-state index contributed by atoms with van der Waals surface area (Å²) >= 11 is 5.95. The van der Waals surface area contributed by atoms with E-state index in [9.17, 15) is 0 Å². The van der Waals surface area contributed by atoms with Gasteiger partial charge in [-0.25, -0.2) is 0 Å². The van der Waals surface area contributed by atoms with Crippen LogP contribution in [-0.2, 0) is 6.54 Å². The molecule has 1 aromatic rings. The van der Waals surface area contributed by atoms with Crippen LogP contribution < -0.4 is 11.1 Å². The maximum Gasteiger partial charge on any atom is 0.0408 e. The lowest BCUT2D eigenvalue weighted by atomic mass is 9.91. The molecule has 1 fully saturated rings. The van der Waals surface area contributed by atoms with E-state index in [2.05, 4.69) is 18.3 Å². The summed E-state index contributed by atoms with van der Waals surface area (Å²) in [5.41, 5.74) is 8.50. The summed E-state index contributed by atoms with van der Waals surface area (Å²) < 4.78 is 0. The normalized spacial score (nSPS) is 24.9. The molecule has 0 heterocycles. The third-order valence-electron chi connectivity index (χ3n) is 3.66. The highest BCUT2D eigenvalue weighted by atomic mass is 35.5. The maximum absolute atomic E-state index is 5.95. The number of hydrogen-bond acceptors (Lipinski definition) is 2. The van der Waals surface area contributed by atoms with Gasteiger partial charge in [-0.15, -0.1) is 0 Å². The Morgan fingerprint density at radius 1 is 1.29 bits per heavy atom. The number of aryl methyl sites for hydroxylation is 1. The van der Waals surface area contributed by atoms with E-state index >= 15 is 0 Å². The number of benzene rings is 1. The van der Waals surface area contributed by atoms with E-state index in [1.165, 1.54) is 24.0 Å². The van der Waals surface area contributed by atoms with E-state index < -0.39 is 0 Å². The average Bonchev–Trinajstić information content (AvgIpc) is 2.30. The summed E-state index contributed by atoms with van der Waals surface area (Å²) in [5.74, 6) is 0. The zero-order chi connectivity index (χ0) is 12.3. The summed E-state index contributed by atoms with van der Waals surface area (Å²) in [6.07, 6.45) is 4.70. The monoisotopic (exact) mass is 252 g/mol. The molecule has 0 bridgehead atoms. The SMILES string of the molecule is Cc1cc(Cl)ccc1CNC1CCC(N)CC1. The summed E-state index contributed by atoms with van der Waals surface area (Å²) in [4.78, 5) is 0. The molecule has 0 spiro atoms. The molecule has 3 N–H and O–H groups in total. The average molecular weight is 253 g/mol. The molecule has 1 aliphatic carbocycles. The summed E-state index contributed by atoms with van der Waals surface area (Å²) in [5, 5.41) is 4.43. The van der Waals surface area contributed by atoms with Gasteiger partial charge >= 0.3 is 0 Å². The van der Waals surface area contributed by atoms with Crippen molar-refractivity contribution in [1.29, 1.82) is 0 Å². The molecule has 0 radical (unpaired) electrons. The molecule has 1 aliphatic rings. The second-order valence-electron chi connectivity index (χ2n) is 5.06. The summed E-state index contributed by atoms with van der Waals surface area (Å²) in [6.45, 7) is 3.04. The van der Waals surface area contributed by atoms with Crippen LogP contribution in [-0.4, -0.2) is 12.1 Å². The van der Waals surface area contributed by atoms with Crippen molar-refractivity contribution < 1.29 is 0 Å². The molecular formula is C14H21ClN2. The third-order valence-corrected chi connectivity index (χ3v) is 3.89. The van der Waals surface area contributed by atoms with Crippen LogP contribution in [0.4, 0.5) is 0 Å². The lowest BCUT2D eigenvalue weighted by Crippen LogP contribution is -2.37. The Kier molecular flexibility index (Phi) is 4.43. The van der Waals surface area contributed by atoms with Crippen LogP contribution in [0.5, 0.6) is 0 Å². The van der Waals surface area contributed by atoms with E-state index in [0.29, 0.717) is 12.1 Å². The van der Waals surface area contributed by atoms with Gasteiger partial charge in [0.15, 0.2) is 0 Å². The first-order valence-corrected chi connectivity index (χ1v) is 6.77. The van der Waals surface area contributed by atoms with Gasteiger partial charge in [0, 0.05) is 23.7 Å². The Labute approximate surface area is 109 Å². The van der Waals surface area contributed by atoms with Crippen LogP contribution in [0.1, 0.15) is 36.8 Å². The molecule has 0 saturated heterocycles. The fourth-order valence-corrected chi connectivity index (χ4v) is 2.66. The molecule has 0 unspecified atom stereocenters. The maximum atomic E-state index is 5.95. The van der Waals surface area contributed by atoms with Crippen LogP contribution in [0, 0.1) is 6.92 Å². The number of nitrogens with two attached hydrogens (primary N) is 1. The van der Waals surface area contributed by atoms with E-state index in [0.717, 1.165) is 24.4 Å². The number of hydrogen-bond donors (Lipinski definition) is 2. The van der Waals surface area contributed by atoms with Crippen molar-refractivity contribution in [3.05, 3.63) is 34.3 Å². The predicted molar refractivity (Wildman–Crippen MR) is 73.3 cm³/mol. The number of halogens is 1. The molecule has 0 atom stereocenters. The van der Waals surface area contributed by atoms with E-state index in [1.54, 1.807) is 0 Å². The van der Waals surface area contributed by atoms with Gasteiger partial charge < -0.3 is 11.1 Å². The van der Waals surface area contributed by atoms with Crippen molar-refractivity contribution in [2.75, 3.05) is 0 Å². The molecule has 2 rings (SSSR count). The number of rotatable bonds is 3. The van der Waals surface area contributed by atoms with Crippen LogP contribution in [0.2, 0.25) is 5.02 Å². The number of nitrogens with one attached hydrogen (secondary N) is 1. The van der Waals surface area contributed by atoms with Crippen LogP contribution in [0.25, 0.3) is 0 Å². The van der Waals surface area contributed by atoms with E-state index in [-0.39, 0.29) is 0 Å². The Bertz CT molecular complexity index is 370. The van der Waals surface area contributed by atoms with E-state index in [1.807, 2.05) is 12.1 Å². The van der Waals surface area contributed by atoms with Gasteiger partial charge in [0.2, 0.25) is 0 Å². The Hall–Kier alpha value is -0.570. The molecule has 17 heavy (non-hydrogen) atoms. The van der Waals surface area contributed by atoms with Gasteiger partial charge in [-0.2, -0.15) is 0 Å². The molecule has 0 aromatic heterocycles. The standard InChI is InChI=1S/C14H21ClN2/c1-10-8-12(15)3-2-11(10)9-17-14-6-4-13(16)5-7-14/h2-3,8,13-14,17H,4-7,9,16H2,1H3. The molecule has 1 saturated carbocycles. The fourth-order valence-electron chi connectivity index (χ4n) is 2.44. The fraction of sp³-hybridized carbons (Fsp3) is 0.571. The highest BCUT2D eigenvalue weighted by Crippen LogP contribution is 2.19. The van der Waals surface area contributed by atoms with E-state index in [4.69, 9.17) is 17.3 Å². The van der Waals surface area contributed by atoms with Gasteiger partial charge in [-0.1, -0.05) is 17.7 Å². The zero-order valence-electron chi connectivity index (χ0n) is 10.4. The van der Waals surface area contributed by atoms with Crippen LogP contribution >= 0.6 is 11.6 Å². The second-order valence-corrected chi connectivity index (χ2v) is 5.50. The molecule has 2 nitrogen and oxygen atoms in total. The Morgan fingerprint density at radius 2 is 2.00 bits per heavy atom. The summed E-state index contributed by atoms with van der Waals surface area (Å²) in [6, 6.07) is 7.15. The zero-order valence-corrected chi connectivity index (χ0v) is 11.1. The molecule has 3 heteroatoms. The van der Waals surface area contributed by atoms with Crippen LogP contribution in [0.15, 0.2) is 18.2 Å². The van der Waals surface area contributed by atoms with Crippen molar-refractivity contribution in [3.63, 3.8) is 0 Å². The smallest absolute Gasteiger partial charge is 0.0408 e. The van der Waals surface area contributed by atoms with Crippen molar-refractivity contribution in [3.8, 4) is 0 Å². The third kappa shape index (κ3) is 3.70. The van der Waals surface area contributed by atoms with Crippen molar-refractivity contribution in [1.82, 2.24) is 5.32 Å². The van der Waals surface area contributed by atoms with Gasteiger partial charge in [0.1, 0.15) is 0 Å². The van der Waals surface area contributed by atoms with Gasteiger partial charge in [0.05, 0.1) is 0 Å². The van der Waals surface area contributed by atoms with Crippen LogP contribution in [0.3, 0.4) is 0 Å². The predicted octanol–water partition coefficient (Wildman–Crippen LogP) is 3.01. The molecule has 1 aromatic carbocycles. The quantitative estimate of drug-likeness (QED) is 0.868. The largest absolute Gasteiger partial charge is 0.328 e. The van der Waals surface area contributed by atoms with Gasteiger partial charge in [-0.3, -0.25) is 0 Å². The molecule has 0 amide bonds. The van der Waals surface area contributed by atoms with Crippen molar-refractivity contribution >= 4 is 11.6 Å². The lowest BCUT2D eigenvalue weighted by Gasteiger charge is -2.27. The van der Waals surface area contributed by atoms with Crippen molar-refractivity contribution in [2.45, 2.75) is 51.2 Å². The molecule has 0 aliphatic heterocycles. The van der Waals surface area contributed by atoms with Gasteiger partial charge in [-0.05, 0) is 55.9 Å². The highest BCUT2D eigenvalue weighted by Gasteiger charge is 2.17. The molecular weight excluding hydrogens is 232 g/mol. The minimum atomic E-state index is 0.422. The first-order valence-electron chi connectivity index (χ1n) is 6.39. The summed E-state index contributed by atoms with van der Waals surface area (Å²) in [7, 11) is 0. The minimum absolute atomic E-state index is 0.422.